The lowest BCUT2D eigenvalue weighted by molar-refractivity contribution is 0.0996. The fourth-order valence-electron chi connectivity index (χ4n) is 3.02. The topological polar surface area (TPSA) is 55.2 Å². The zero-order valence-corrected chi connectivity index (χ0v) is 10.6. The van der Waals surface area contributed by atoms with Gasteiger partial charge >= 0.3 is 0 Å². The van der Waals surface area contributed by atoms with Crippen molar-refractivity contribution in [2.45, 2.75) is 51.0 Å². The van der Waals surface area contributed by atoms with Crippen LogP contribution in [0.1, 0.15) is 43.4 Å². The average Bonchev–Trinajstić information content (AvgIpc) is 2.89. The first-order valence-corrected chi connectivity index (χ1v) is 6.97. The third kappa shape index (κ3) is 2.34. The van der Waals surface area contributed by atoms with Crippen molar-refractivity contribution in [3.05, 3.63) is 17.6 Å². The Bertz CT molecular complexity index is 414. The number of nitrogens with zero attached hydrogens (tertiary/aromatic N) is 2. The summed E-state index contributed by atoms with van der Waals surface area (Å²) in [6, 6.07) is 0. The van der Waals surface area contributed by atoms with Crippen LogP contribution in [0.25, 0.3) is 0 Å². The normalized spacial score (nSPS) is 26.9. The summed E-state index contributed by atoms with van der Waals surface area (Å²) in [5.74, 6) is 1.28. The number of hydrogen-bond donors (Lipinski definition) is 1. The van der Waals surface area contributed by atoms with Crippen molar-refractivity contribution in [3.63, 3.8) is 0 Å². The van der Waals surface area contributed by atoms with Gasteiger partial charge in [-0.1, -0.05) is 0 Å². The van der Waals surface area contributed by atoms with Crippen LogP contribution >= 0.6 is 0 Å². The Morgan fingerprint density at radius 2 is 2.00 bits per heavy atom. The molecule has 1 N–H and O–H groups in total. The van der Waals surface area contributed by atoms with Crippen molar-refractivity contribution < 1.29 is 9.84 Å². The highest BCUT2D eigenvalue weighted by molar-refractivity contribution is 5.33. The predicted molar refractivity (Wildman–Crippen MR) is 67.5 cm³/mol. The molecule has 98 valence electrons. The summed E-state index contributed by atoms with van der Waals surface area (Å²) in [6.07, 6.45) is 9.37. The molecule has 0 saturated heterocycles. The maximum Gasteiger partial charge on any atom is 0.220 e. The first-order valence-electron chi connectivity index (χ1n) is 6.97. The van der Waals surface area contributed by atoms with E-state index < -0.39 is 0 Å². The van der Waals surface area contributed by atoms with Crippen molar-refractivity contribution >= 4 is 0 Å². The first kappa shape index (κ1) is 11.9. The molecule has 1 heterocycles. The molecule has 0 bridgehead atoms. The number of aliphatic hydroxyl groups is 1. The van der Waals surface area contributed by atoms with Gasteiger partial charge in [0.25, 0.3) is 0 Å². The second-order valence-electron chi connectivity index (χ2n) is 5.40. The molecule has 0 aliphatic heterocycles. The lowest BCUT2D eigenvalue weighted by Crippen LogP contribution is -2.26. The van der Waals surface area contributed by atoms with Crippen molar-refractivity contribution in [1.29, 1.82) is 0 Å². The summed E-state index contributed by atoms with van der Waals surface area (Å²) in [6.45, 7) is 0.315. The largest absolute Gasteiger partial charge is 0.474 e. The summed E-state index contributed by atoms with van der Waals surface area (Å²) < 4.78 is 6.06. The Kier molecular flexibility index (Phi) is 3.46. The van der Waals surface area contributed by atoms with E-state index in [1.807, 2.05) is 0 Å². The Morgan fingerprint density at radius 1 is 1.17 bits per heavy atom. The van der Waals surface area contributed by atoms with Crippen LogP contribution in [-0.4, -0.2) is 27.8 Å². The molecule has 3 rings (SSSR count). The molecule has 1 saturated carbocycles. The van der Waals surface area contributed by atoms with Crippen LogP contribution < -0.4 is 4.74 Å². The van der Waals surface area contributed by atoms with Gasteiger partial charge in [0.1, 0.15) is 12.4 Å². The standard InChI is InChI=1S/C14H20N2O2/c17-8-10-4-6-11(7-5-10)18-14-12-2-1-3-13(12)15-9-16-14/h9-11,17H,1-8H2. The Balaban J connectivity index is 1.65. The molecule has 0 spiro atoms. The molecule has 0 amide bonds. The summed E-state index contributed by atoms with van der Waals surface area (Å²) >= 11 is 0. The molecule has 0 unspecified atom stereocenters. The molecule has 0 aromatic carbocycles. The summed E-state index contributed by atoms with van der Waals surface area (Å²) in [7, 11) is 0. The van der Waals surface area contributed by atoms with E-state index in [4.69, 9.17) is 9.84 Å². The SMILES string of the molecule is OCC1CCC(Oc2ncnc3c2CCC3)CC1. The van der Waals surface area contributed by atoms with Crippen LogP contribution in [0.5, 0.6) is 5.88 Å². The van der Waals surface area contributed by atoms with E-state index in [1.54, 1.807) is 6.33 Å². The minimum atomic E-state index is 0.271. The number of ether oxygens (including phenoxy) is 1. The number of hydrogen-bond acceptors (Lipinski definition) is 4. The van der Waals surface area contributed by atoms with Crippen molar-refractivity contribution in [1.82, 2.24) is 9.97 Å². The van der Waals surface area contributed by atoms with E-state index in [0.717, 1.165) is 44.4 Å². The highest BCUT2D eigenvalue weighted by Gasteiger charge is 2.25. The van der Waals surface area contributed by atoms with Gasteiger partial charge in [-0.2, -0.15) is 0 Å². The van der Waals surface area contributed by atoms with Gasteiger partial charge in [0.2, 0.25) is 5.88 Å². The van der Waals surface area contributed by atoms with Crippen LogP contribution in [-0.2, 0) is 12.8 Å². The van der Waals surface area contributed by atoms with Gasteiger partial charge in [0, 0.05) is 12.2 Å². The molecule has 2 aliphatic rings. The quantitative estimate of drug-likeness (QED) is 0.887. The number of aryl methyl sites for hydroxylation is 1. The molecule has 4 nitrogen and oxygen atoms in total. The zero-order chi connectivity index (χ0) is 12.4. The molecule has 2 aliphatic carbocycles. The minimum Gasteiger partial charge on any atom is -0.474 e. The van der Waals surface area contributed by atoms with Crippen LogP contribution in [0.2, 0.25) is 0 Å². The van der Waals surface area contributed by atoms with Crippen LogP contribution in [0, 0.1) is 5.92 Å². The second kappa shape index (κ2) is 5.22. The van der Waals surface area contributed by atoms with E-state index in [9.17, 15) is 0 Å². The van der Waals surface area contributed by atoms with Crippen LogP contribution in [0.15, 0.2) is 6.33 Å². The first-order chi connectivity index (χ1) is 8.86. The van der Waals surface area contributed by atoms with Gasteiger partial charge in [-0.3, -0.25) is 0 Å². The molecule has 1 aromatic rings. The smallest absolute Gasteiger partial charge is 0.220 e. The predicted octanol–water partition coefficient (Wildman–Crippen LogP) is 1.90. The van der Waals surface area contributed by atoms with E-state index >= 15 is 0 Å². The lowest BCUT2D eigenvalue weighted by atomic mass is 9.88. The van der Waals surface area contributed by atoms with Gasteiger partial charge in [0.05, 0.1) is 5.69 Å². The monoisotopic (exact) mass is 248 g/mol. The number of aromatic nitrogens is 2. The molecule has 1 fully saturated rings. The zero-order valence-electron chi connectivity index (χ0n) is 10.6. The number of aliphatic hydroxyl groups excluding tert-OH is 1. The fourth-order valence-corrected chi connectivity index (χ4v) is 3.02. The Morgan fingerprint density at radius 3 is 2.78 bits per heavy atom. The summed E-state index contributed by atoms with van der Waals surface area (Å²) in [5.41, 5.74) is 2.39. The van der Waals surface area contributed by atoms with Crippen molar-refractivity contribution in [2.75, 3.05) is 6.61 Å². The minimum absolute atomic E-state index is 0.271. The van der Waals surface area contributed by atoms with E-state index in [0.29, 0.717) is 12.5 Å². The highest BCUT2D eigenvalue weighted by atomic mass is 16.5. The van der Waals surface area contributed by atoms with E-state index in [-0.39, 0.29) is 6.10 Å². The van der Waals surface area contributed by atoms with Crippen LogP contribution in [0.3, 0.4) is 0 Å². The van der Waals surface area contributed by atoms with Gasteiger partial charge in [-0.15, -0.1) is 0 Å². The summed E-state index contributed by atoms with van der Waals surface area (Å²) in [4.78, 5) is 8.62. The molecule has 0 radical (unpaired) electrons. The summed E-state index contributed by atoms with van der Waals surface area (Å²) in [5, 5.41) is 9.13. The molecule has 0 atom stereocenters. The molecular formula is C14H20N2O2. The molecule has 4 heteroatoms. The maximum atomic E-state index is 9.13. The van der Waals surface area contributed by atoms with Gasteiger partial charge in [-0.05, 0) is 50.9 Å². The number of fused-ring (bicyclic) bond motifs is 1. The number of rotatable bonds is 3. The van der Waals surface area contributed by atoms with Crippen molar-refractivity contribution in [3.8, 4) is 5.88 Å². The Hall–Kier alpha value is -1.16. The average molecular weight is 248 g/mol. The molecule has 18 heavy (non-hydrogen) atoms. The van der Waals surface area contributed by atoms with Gasteiger partial charge in [-0.25, -0.2) is 9.97 Å². The van der Waals surface area contributed by atoms with E-state index in [2.05, 4.69) is 9.97 Å². The third-order valence-electron chi connectivity index (χ3n) is 4.17. The second-order valence-corrected chi connectivity index (χ2v) is 5.40. The fraction of sp³-hybridized carbons (Fsp3) is 0.714. The molecule has 1 aromatic heterocycles. The van der Waals surface area contributed by atoms with Crippen molar-refractivity contribution in [2.24, 2.45) is 5.92 Å². The molecular weight excluding hydrogens is 228 g/mol. The maximum absolute atomic E-state index is 9.13. The highest BCUT2D eigenvalue weighted by Crippen LogP contribution is 2.31. The van der Waals surface area contributed by atoms with Gasteiger partial charge < -0.3 is 9.84 Å². The third-order valence-corrected chi connectivity index (χ3v) is 4.17. The Labute approximate surface area is 107 Å². The van der Waals surface area contributed by atoms with Gasteiger partial charge in [0.15, 0.2) is 0 Å². The van der Waals surface area contributed by atoms with E-state index in [1.165, 1.54) is 17.7 Å². The lowest BCUT2D eigenvalue weighted by Gasteiger charge is -2.27. The van der Waals surface area contributed by atoms with Crippen LogP contribution in [0.4, 0.5) is 0 Å².